The van der Waals surface area contributed by atoms with Gasteiger partial charge in [-0.15, -0.1) is 0 Å². The van der Waals surface area contributed by atoms with Gasteiger partial charge in [-0.2, -0.15) is 0 Å². The van der Waals surface area contributed by atoms with Crippen molar-refractivity contribution < 1.29 is 0 Å². The lowest BCUT2D eigenvalue weighted by molar-refractivity contribution is 0.624. The van der Waals surface area contributed by atoms with Gasteiger partial charge in [0.05, 0.1) is 28.3 Å². The van der Waals surface area contributed by atoms with Gasteiger partial charge >= 0.3 is 0 Å². The molecule has 0 fully saturated rings. The van der Waals surface area contributed by atoms with Crippen LogP contribution < -0.4 is 5.73 Å². The Kier molecular flexibility index (Phi) is 3.37. The highest BCUT2D eigenvalue weighted by Gasteiger charge is 2.45. The number of nitrogens with two attached hydrogens (primary N) is 1. The molecule has 6 rings (SSSR count). The molecule has 0 aliphatic heterocycles. The molecule has 2 aromatic carbocycles. The molecule has 0 saturated carbocycles. The van der Waals surface area contributed by atoms with Crippen molar-refractivity contribution in [1.82, 2.24) is 9.97 Å². The number of fused-ring (bicyclic) bond motifs is 5. The third-order valence-corrected chi connectivity index (χ3v) is 6.65. The molecule has 2 aromatic heterocycles. The van der Waals surface area contributed by atoms with Crippen LogP contribution in [0, 0.1) is 6.92 Å². The van der Waals surface area contributed by atoms with Gasteiger partial charge in [0.15, 0.2) is 0 Å². The average molecular weight is 387 g/mol. The number of rotatable bonds is 2. The first-order valence-corrected chi connectivity index (χ1v) is 10.2. The van der Waals surface area contributed by atoms with Gasteiger partial charge < -0.3 is 5.73 Å². The molecule has 1 atom stereocenters. The van der Waals surface area contributed by atoms with Gasteiger partial charge in [-0.25, -0.2) is 4.98 Å². The van der Waals surface area contributed by atoms with E-state index in [-0.39, 0.29) is 5.41 Å². The van der Waals surface area contributed by atoms with Gasteiger partial charge in [-0.1, -0.05) is 60.7 Å². The van der Waals surface area contributed by atoms with Gasteiger partial charge in [-0.05, 0) is 53.8 Å². The first-order chi connectivity index (χ1) is 14.6. The molecule has 2 N–H and O–H groups in total. The molecule has 2 bridgehead atoms. The summed E-state index contributed by atoms with van der Waals surface area (Å²) in [5.74, 6) is 0. The van der Waals surface area contributed by atoms with Gasteiger partial charge in [0.1, 0.15) is 0 Å². The van der Waals surface area contributed by atoms with Crippen LogP contribution in [0.15, 0.2) is 90.2 Å². The maximum atomic E-state index is 6.32. The summed E-state index contributed by atoms with van der Waals surface area (Å²) in [5, 5.41) is 2.05. The summed E-state index contributed by atoms with van der Waals surface area (Å²) >= 11 is 0. The van der Waals surface area contributed by atoms with Crippen molar-refractivity contribution in [1.29, 1.82) is 0 Å². The zero-order chi connectivity index (χ0) is 20.5. The van der Waals surface area contributed by atoms with E-state index < -0.39 is 0 Å². The Morgan fingerprint density at radius 3 is 2.57 bits per heavy atom. The highest BCUT2D eigenvalue weighted by Crippen LogP contribution is 2.55. The van der Waals surface area contributed by atoms with Crippen LogP contribution >= 0.6 is 0 Å². The molecule has 3 nitrogen and oxygen atoms in total. The summed E-state index contributed by atoms with van der Waals surface area (Å²) in [6.45, 7) is 4.33. The summed E-state index contributed by atoms with van der Waals surface area (Å²) in [6.07, 6.45) is 8.61. The van der Waals surface area contributed by atoms with Crippen molar-refractivity contribution in [3.63, 3.8) is 0 Å². The van der Waals surface area contributed by atoms with E-state index in [1.165, 1.54) is 22.3 Å². The number of allylic oxidation sites excluding steroid dienone is 6. The summed E-state index contributed by atoms with van der Waals surface area (Å²) < 4.78 is 0. The molecule has 3 heteroatoms. The Morgan fingerprint density at radius 2 is 1.77 bits per heavy atom. The molecule has 4 aromatic rings. The van der Waals surface area contributed by atoms with Crippen LogP contribution in [-0.4, -0.2) is 9.97 Å². The lowest BCUT2D eigenvalue weighted by Crippen LogP contribution is -2.37. The fraction of sp³-hybridized carbons (Fsp3) is 0.111. The van der Waals surface area contributed by atoms with Crippen LogP contribution in [0.5, 0.6) is 0 Å². The minimum absolute atomic E-state index is 0.207. The van der Waals surface area contributed by atoms with E-state index in [1.54, 1.807) is 0 Å². The Hall–Kier alpha value is -3.72. The van der Waals surface area contributed by atoms with E-state index in [0.717, 1.165) is 38.8 Å². The average Bonchev–Trinajstić information content (AvgIpc) is 2.80. The van der Waals surface area contributed by atoms with Crippen LogP contribution in [0.25, 0.3) is 27.4 Å². The zero-order valence-corrected chi connectivity index (χ0v) is 17.0. The minimum Gasteiger partial charge on any atom is -0.398 e. The lowest BCUT2D eigenvalue weighted by Gasteiger charge is -2.45. The van der Waals surface area contributed by atoms with Crippen molar-refractivity contribution in [2.45, 2.75) is 19.3 Å². The predicted octanol–water partition coefficient (Wildman–Crippen LogP) is 5.89. The number of aryl methyl sites for hydroxylation is 1. The van der Waals surface area contributed by atoms with E-state index >= 15 is 0 Å². The topological polar surface area (TPSA) is 51.8 Å². The number of hydrogen-bond acceptors (Lipinski definition) is 3. The van der Waals surface area contributed by atoms with Crippen LogP contribution in [0.1, 0.15) is 23.7 Å². The number of nitrogen functional groups attached to an aromatic ring is 1. The molecule has 2 aliphatic rings. The maximum absolute atomic E-state index is 6.32. The second-order valence-electron chi connectivity index (χ2n) is 8.33. The van der Waals surface area contributed by atoms with Crippen molar-refractivity contribution >= 4 is 33.1 Å². The van der Waals surface area contributed by atoms with Crippen LogP contribution in [0.4, 0.5) is 5.69 Å². The second kappa shape index (κ2) is 5.90. The fourth-order valence-corrected chi connectivity index (χ4v) is 4.85. The Balaban J connectivity index is 1.51. The predicted molar refractivity (Wildman–Crippen MR) is 124 cm³/mol. The van der Waals surface area contributed by atoms with Crippen LogP contribution in [0.2, 0.25) is 0 Å². The van der Waals surface area contributed by atoms with Crippen molar-refractivity contribution in [2.75, 3.05) is 5.73 Å². The van der Waals surface area contributed by atoms with Crippen molar-refractivity contribution in [3.05, 3.63) is 107 Å². The summed E-state index contributed by atoms with van der Waals surface area (Å²) in [6, 6.07) is 18.8. The van der Waals surface area contributed by atoms with E-state index in [4.69, 9.17) is 10.7 Å². The summed E-state index contributed by atoms with van der Waals surface area (Å²) in [5.41, 5.74) is 16.0. The minimum atomic E-state index is -0.207. The Morgan fingerprint density at radius 1 is 0.933 bits per heavy atom. The molecule has 0 amide bonds. The number of hydrogen-bond donors (Lipinski definition) is 1. The number of pyridine rings is 2. The number of aromatic nitrogens is 2. The number of anilines is 1. The summed E-state index contributed by atoms with van der Waals surface area (Å²) in [7, 11) is 0. The zero-order valence-electron chi connectivity index (χ0n) is 17.0. The third-order valence-electron chi connectivity index (χ3n) is 6.65. The number of nitrogens with zero attached hydrogens (tertiary/aromatic N) is 2. The van der Waals surface area contributed by atoms with Gasteiger partial charge in [0, 0.05) is 16.5 Å². The molecule has 30 heavy (non-hydrogen) atoms. The highest BCUT2D eigenvalue weighted by molar-refractivity contribution is 6.11. The lowest BCUT2D eigenvalue weighted by atomic mass is 9.58. The van der Waals surface area contributed by atoms with Crippen molar-refractivity contribution in [2.24, 2.45) is 0 Å². The standard InChI is InChI=1S/C27H21N3/c1-16-8-12-22(28)25-20-11-13-24(30-23(20)15-29-26(16)25)27(2)18-9-10-19(21(27)14-18)17-6-4-3-5-7-17/h3-15H,28H2,1-2H3. The first kappa shape index (κ1) is 17.2. The molecule has 144 valence electrons. The SMILES string of the molecule is Cc1ccc(N)c2c1ncc1nc(C3(C)c4ccc(-c5ccccc5)c3c4)ccc12. The van der Waals surface area contributed by atoms with E-state index in [2.05, 4.69) is 79.5 Å². The first-order valence-electron chi connectivity index (χ1n) is 10.2. The number of benzene rings is 2. The van der Waals surface area contributed by atoms with Gasteiger partial charge in [-0.3, -0.25) is 4.98 Å². The van der Waals surface area contributed by atoms with Gasteiger partial charge in [0.2, 0.25) is 0 Å². The second-order valence-corrected chi connectivity index (χ2v) is 8.33. The Labute approximate surface area is 175 Å². The molecule has 0 radical (unpaired) electrons. The maximum Gasteiger partial charge on any atom is 0.0896 e. The monoisotopic (exact) mass is 387 g/mol. The molecule has 0 spiro atoms. The smallest absolute Gasteiger partial charge is 0.0896 e. The van der Waals surface area contributed by atoms with Gasteiger partial charge in [0.25, 0.3) is 0 Å². The molecular formula is C27H21N3. The Bertz CT molecular complexity index is 1460. The highest BCUT2D eigenvalue weighted by atomic mass is 14.8. The van der Waals surface area contributed by atoms with E-state index in [1.807, 2.05) is 18.3 Å². The molecule has 0 saturated heterocycles. The van der Waals surface area contributed by atoms with Crippen LogP contribution in [-0.2, 0) is 5.41 Å². The van der Waals surface area contributed by atoms with Crippen molar-refractivity contribution in [3.8, 4) is 0 Å². The third kappa shape index (κ3) is 2.15. The molecular weight excluding hydrogens is 366 g/mol. The van der Waals surface area contributed by atoms with Crippen LogP contribution in [0.3, 0.4) is 0 Å². The van der Waals surface area contributed by atoms with E-state index in [9.17, 15) is 0 Å². The molecule has 1 unspecified atom stereocenters. The quantitative estimate of drug-likeness (QED) is 0.344. The van der Waals surface area contributed by atoms with E-state index in [0.29, 0.717) is 0 Å². The fourth-order valence-electron chi connectivity index (χ4n) is 4.85. The largest absolute Gasteiger partial charge is 0.398 e. The summed E-state index contributed by atoms with van der Waals surface area (Å²) in [4.78, 5) is 9.76. The normalized spacial score (nSPS) is 19.9. The molecule has 2 heterocycles. The molecule has 2 aliphatic carbocycles.